The number of rotatable bonds is 3. The first kappa shape index (κ1) is 13.9. The van der Waals surface area contributed by atoms with Crippen molar-refractivity contribution >= 4 is 11.6 Å². The number of aryl methyl sites for hydroxylation is 2. The molecule has 0 saturated carbocycles. The van der Waals surface area contributed by atoms with Gasteiger partial charge in [-0.2, -0.15) is 5.10 Å². The third kappa shape index (κ3) is 2.74. The quantitative estimate of drug-likeness (QED) is 0.935. The summed E-state index contributed by atoms with van der Waals surface area (Å²) in [5, 5.41) is 4.93. The Morgan fingerprint density at radius 1 is 1.37 bits per heavy atom. The minimum atomic E-state index is -0.0941. The van der Waals surface area contributed by atoms with Crippen molar-refractivity contribution < 1.29 is 4.74 Å². The van der Waals surface area contributed by atoms with E-state index in [1.165, 1.54) is 0 Å². The molecule has 2 N–H and O–H groups in total. The Kier molecular flexibility index (Phi) is 3.83. The first-order valence-corrected chi connectivity index (χ1v) is 6.51. The molecule has 0 aliphatic heterocycles. The molecular formula is C14H18ClN3O. The lowest BCUT2D eigenvalue weighted by Crippen LogP contribution is -2.05. The van der Waals surface area contributed by atoms with Gasteiger partial charge < -0.3 is 10.5 Å². The third-order valence-corrected chi connectivity index (χ3v) is 3.45. The number of nitrogens with two attached hydrogens (primary N) is 1. The van der Waals surface area contributed by atoms with E-state index in [4.69, 9.17) is 22.1 Å². The van der Waals surface area contributed by atoms with Crippen molar-refractivity contribution in [1.29, 1.82) is 0 Å². The molecule has 1 atom stereocenters. The van der Waals surface area contributed by atoms with Gasteiger partial charge in [-0.15, -0.1) is 0 Å². The monoisotopic (exact) mass is 279 g/mol. The maximum Gasteiger partial charge on any atom is 0.171 e. The van der Waals surface area contributed by atoms with Gasteiger partial charge in [0.15, 0.2) is 5.75 Å². The van der Waals surface area contributed by atoms with Crippen molar-refractivity contribution in [2.75, 3.05) is 0 Å². The molecule has 1 heterocycles. The van der Waals surface area contributed by atoms with Gasteiger partial charge in [0, 0.05) is 18.1 Å². The normalized spacial score (nSPS) is 12.5. The Morgan fingerprint density at radius 3 is 2.53 bits per heavy atom. The highest BCUT2D eigenvalue weighted by atomic mass is 35.5. The van der Waals surface area contributed by atoms with Gasteiger partial charge in [0.25, 0.3) is 0 Å². The van der Waals surface area contributed by atoms with Gasteiger partial charge in [0.05, 0.1) is 5.69 Å². The Balaban J connectivity index is 2.31. The first-order chi connectivity index (χ1) is 8.90. The molecule has 0 aliphatic carbocycles. The summed E-state index contributed by atoms with van der Waals surface area (Å²) < 4.78 is 7.66. The summed E-state index contributed by atoms with van der Waals surface area (Å²) in [5.74, 6) is 1.46. The van der Waals surface area contributed by atoms with Crippen molar-refractivity contribution in [3.05, 3.63) is 40.2 Å². The number of hydrogen-bond donors (Lipinski definition) is 1. The number of aromatic nitrogens is 2. The highest BCUT2D eigenvalue weighted by molar-refractivity contribution is 6.31. The predicted molar refractivity (Wildman–Crippen MR) is 76.8 cm³/mol. The molecule has 0 aliphatic rings. The van der Waals surface area contributed by atoms with Crippen molar-refractivity contribution in [2.45, 2.75) is 26.8 Å². The molecule has 1 aromatic heterocycles. The summed E-state index contributed by atoms with van der Waals surface area (Å²) in [5.41, 5.74) is 8.57. The minimum Gasteiger partial charge on any atom is -0.453 e. The summed E-state index contributed by atoms with van der Waals surface area (Å²) in [6, 6.07) is 5.45. The van der Waals surface area contributed by atoms with Crippen LogP contribution in [-0.2, 0) is 7.05 Å². The van der Waals surface area contributed by atoms with Gasteiger partial charge >= 0.3 is 0 Å². The molecule has 1 aromatic carbocycles. The van der Waals surface area contributed by atoms with Crippen LogP contribution in [0.25, 0.3) is 0 Å². The summed E-state index contributed by atoms with van der Waals surface area (Å²) in [7, 11) is 1.89. The van der Waals surface area contributed by atoms with E-state index < -0.39 is 0 Å². The zero-order valence-corrected chi connectivity index (χ0v) is 12.3. The van der Waals surface area contributed by atoms with Crippen molar-refractivity contribution in [1.82, 2.24) is 9.78 Å². The number of benzene rings is 1. The zero-order valence-electron chi connectivity index (χ0n) is 11.6. The van der Waals surface area contributed by atoms with E-state index in [9.17, 15) is 0 Å². The second kappa shape index (κ2) is 5.23. The minimum absolute atomic E-state index is 0.0941. The van der Waals surface area contributed by atoms with Crippen LogP contribution in [0.3, 0.4) is 0 Å². The molecule has 19 heavy (non-hydrogen) atoms. The summed E-state index contributed by atoms with van der Waals surface area (Å²) >= 11 is 6.19. The van der Waals surface area contributed by atoms with E-state index in [0.29, 0.717) is 10.8 Å². The van der Waals surface area contributed by atoms with Gasteiger partial charge in [0.2, 0.25) is 0 Å². The fourth-order valence-corrected chi connectivity index (χ4v) is 2.30. The molecule has 0 fully saturated rings. The predicted octanol–water partition coefficient (Wildman–Crippen LogP) is 3.50. The molecule has 102 valence electrons. The average molecular weight is 280 g/mol. The van der Waals surface area contributed by atoms with Crippen LogP contribution in [0.4, 0.5) is 0 Å². The molecule has 0 saturated heterocycles. The molecule has 2 rings (SSSR count). The average Bonchev–Trinajstić information content (AvgIpc) is 2.56. The third-order valence-electron chi connectivity index (χ3n) is 3.13. The van der Waals surface area contributed by atoms with Crippen LogP contribution in [0.5, 0.6) is 11.5 Å². The van der Waals surface area contributed by atoms with E-state index in [1.807, 2.05) is 40.0 Å². The Hall–Kier alpha value is -1.52. The van der Waals surface area contributed by atoms with Gasteiger partial charge in [-0.25, -0.2) is 0 Å². The van der Waals surface area contributed by atoms with Crippen LogP contribution in [-0.4, -0.2) is 9.78 Å². The molecule has 0 amide bonds. The molecule has 4 nitrogen and oxygen atoms in total. The molecule has 2 aromatic rings. The zero-order chi connectivity index (χ0) is 14.2. The highest BCUT2D eigenvalue weighted by Gasteiger charge is 2.13. The molecule has 1 unspecified atom stereocenters. The van der Waals surface area contributed by atoms with Crippen LogP contribution >= 0.6 is 11.6 Å². The van der Waals surface area contributed by atoms with Gasteiger partial charge in [0.1, 0.15) is 11.4 Å². The number of hydrogen-bond acceptors (Lipinski definition) is 3. The molecular weight excluding hydrogens is 262 g/mol. The Labute approximate surface area is 118 Å². The van der Waals surface area contributed by atoms with Gasteiger partial charge in [-0.05, 0) is 38.5 Å². The summed E-state index contributed by atoms with van der Waals surface area (Å²) in [4.78, 5) is 0. The number of halogens is 1. The topological polar surface area (TPSA) is 53.1 Å². The lowest BCUT2D eigenvalue weighted by atomic mass is 10.1. The molecule has 5 heteroatoms. The first-order valence-electron chi connectivity index (χ1n) is 6.13. The second-order valence-electron chi connectivity index (χ2n) is 4.70. The Bertz CT molecular complexity index is 605. The van der Waals surface area contributed by atoms with E-state index >= 15 is 0 Å². The number of ether oxygens (including phenoxy) is 1. The standard InChI is InChI=1S/C14H18ClN3O/c1-8(16)12-6-5-11(7-13(12)15)19-14-9(2)17-18(4)10(14)3/h5-8H,16H2,1-4H3. The lowest BCUT2D eigenvalue weighted by molar-refractivity contribution is 0.474. The van der Waals surface area contributed by atoms with Crippen LogP contribution in [0.1, 0.15) is 29.9 Å². The lowest BCUT2D eigenvalue weighted by Gasteiger charge is -2.11. The van der Waals surface area contributed by atoms with Crippen LogP contribution in [0, 0.1) is 13.8 Å². The maximum atomic E-state index is 6.19. The molecule has 0 spiro atoms. The van der Waals surface area contributed by atoms with Crippen LogP contribution in [0.15, 0.2) is 18.2 Å². The fraction of sp³-hybridized carbons (Fsp3) is 0.357. The van der Waals surface area contributed by atoms with Gasteiger partial charge in [-0.3, -0.25) is 4.68 Å². The van der Waals surface area contributed by atoms with E-state index in [2.05, 4.69) is 5.10 Å². The van der Waals surface area contributed by atoms with Gasteiger partial charge in [-0.1, -0.05) is 17.7 Å². The Morgan fingerprint density at radius 2 is 2.05 bits per heavy atom. The maximum absolute atomic E-state index is 6.19. The molecule has 0 radical (unpaired) electrons. The van der Waals surface area contributed by atoms with Crippen molar-refractivity contribution in [2.24, 2.45) is 12.8 Å². The smallest absolute Gasteiger partial charge is 0.171 e. The number of nitrogens with zero attached hydrogens (tertiary/aromatic N) is 2. The SMILES string of the molecule is Cc1nn(C)c(C)c1Oc1ccc(C(C)N)c(Cl)c1. The largest absolute Gasteiger partial charge is 0.453 e. The summed E-state index contributed by atoms with van der Waals surface area (Å²) in [6.45, 7) is 5.78. The fourth-order valence-electron chi connectivity index (χ4n) is 1.96. The van der Waals surface area contributed by atoms with Crippen LogP contribution in [0.2, 0.25) is 5.02 Å². The van der Waals surface area contributed by atoms with Crippen LogP contribution < -0.4 is 10.5 Å². The molecule has 0 bridgehead atoms. The van der Waals surface area contributed by atoms with Crippen molar-refractivity contribution in [3.8, 4) is 11.5 Å². The summed E-state index contributed by atoms with van der Waals surface area (Å²) in [6.07, 6.45) is 0. The van der Waals surface area contributed by atoms with E-state index in [0.717, 1.165) is 22.7 Å². The van der Waals surface area contributed by atoms with Crippen molar-refractivity contribution in [3.63, 3.8) is 0 Å². The van der Waals surface area contributed by atoms with E-state index in [1.54, 1.807) is 10.7 Å². The van der Waals surface area contributed by atoms with E-state index in [-0.39, 0.29) is 6.04 Å². The highest BCUT2D eigenvalue weighted by Crippen LogP contribution is 2.31. The second-order valence-corrected chi connectivity index (χ2v) is 5.10.